The summed E-state index contributed by atoms with van der Waals surface area (Å²) in [6, 6.07) is 5.36. The van der Waals surface area contributed by atoms with Crippen molar-refractivity contribution in [3.8, 4) is 5.75 Å². The SMILES string of the molecule is CCCCOc1ccc(C(=O)NC(=S)N2CCC(C)CC2)cc1Br. The molecular formula is C18H25BrN2O2S. The van der Waals surface area contributed by atoms with Crippen molar-refractivity contribution in [2.75, 3.05) is 19.7 Å². The van der Waals surface area contributed by atoms with Gasteiger partial charge in [0.25, 0.3) is 5.91 Å². The fourth-order valence-corrected chi connectivity index (χ4v) is 3.31. The molecule has 0 saturated carbocycles. The van der Waals surface area contributed by atoms with Gasteiger partial charge in [0.2, 0.25) is 0 Å². The van der Waals surface area contributed by atoms with Gasteiger partial charge in [-0.3, -0.25) is 10.1 Å². The normalized spacial score (nSPS) is 15.2. The van der Waals surface area contributed by atoms with Gasteiger partial charge in [-0.2, -0.15) is 0 Å². The van der Waals surface area contributed by atoms with E-state index >= 15 is 0 Å². The summed E-state index contributed by atoms with van der Waals surface area (Å²) in [5.74, 6) is 1.31. The third kappa shape index (κ3) is 5.45. The van der Waals surface area contributed by atoms with Crippen molar-refractivity contribution in [3.63, 3.8) is 0 Å². The molecule has 1 saturated heterocycles. The number of piperidine rings is 1. The Balaban J connectivity index is 1.92. The second-order valence-corrected chi connectivity index (χ2v) is 7.52. The summed E-state index contributed by atoms with van der Waals surface area (Å²) in [5, 5.41) is 3.36. The van der Waals surface area contributed by atoms with E-state index in [1.807, 2.05) is 6.07 Å². The number of carbonyl (C=O) groups excluding carboxylic acids is 1. The highest BCUT2D eigenvalue weighted by Gasteiger charge is 2.19. The molecule has 1 aromatic rings. The van der Waals surface area contributed by atoms with Crippen LogP contribution in [0.15, 0.2) is 22.7 Å². The van der Waals surface area contributed by atoms with Crippen molar-refractivity contribution in [2.24, 2.45) is 5.92 Å². The predicted molar refractivity (Wildman–Crippen MR) is 105 cm³/mol. The average molecular weight is 413 g/mol. The molecule has 1 heterocycles. The zero-order valence-electron chi connectivity index (χ0n) is 14.3. The summed E-state index contributed by atoms with van der Waals surface area (Å²) < 4.78 is 6.47. The zero-order valence-corrected chi connectivity index (χ0v) is 16.7. The molecular weight excluding hydrogens is 388 g/mol. The molecule has 0 bridgehead atoms. The lowest BCUT2D eigenvalue weighted by Gasteiger charge is -2.32. The summed E-state index contributed by atoms with van der Waals surface area (Å²) in [6.45, 7) is 6.87. The fraction of sp³-hybridized carbons (Fsp3) is 0.556. The highest BCUT2D eigenvalue weighted by molar-refractivity contribution is 9.10. The molecule has 132 valence electrons. The molecule has 0 radical (unpaired) electrons. The Hall–Kier alpha value is -1.14. The molecule has 1 amide bonds. The van der Waals surface area contributed by atoms with Crippen LogP contribution in [0.5, 0.6) is 5.75 Å². The van der Waals surface area contributed by atoms with E-state index in [0.29, 0.717) is 17.3 Å². The molecule has 0 spiro atoms. The van der Waals surface area contributed by atoms with Crippen LogP contribution in [0.1, 0.15) is 49.9 Å². The molecule has 1 aliphatic heterocycles. The van der Waals surface area contributed by atoms with E-state index in [2.05, 4.69) is 40.0 Å². The van der Waals surface area contributed by atoms with E-state index in [9.17, 15) is 4.79 Å². The quantitative estimate of drug-likeness (QED) is 0.575. The second kappa shape index (κ2) is 9.37. The molecule has 1 aliphatic rings. The van der Waals surface area contributed by atoms with E-state index < -0.39 is 0 Å². The number of rotatable bonds is 5. The van der Waals surface area contributed by atoms with Crippen molar-refractivity contribution in [1.29, 1.82) is 0 Å². The summed E-state index contributed by atoms with van der Waals surface area (Å²) in [4.78, 5) is 14.5. The number of carbonyl (C=O) groups is 1. The van der Waals surface area contributed by atoms with Gasteiger partial charge in [0, 0.05) is 18.7 Å². The van der Waals surface area contributed by atoms with Crippen molar-refractivity contribution in [2.45, 2.75) is 39.5 Å². The highest BCUT2D eigenvalue weighted by Crippen LogP contribution is 2.26. The Labute approximate surface area is 158 Å². The zero-order chi connectivity index (χ0) is 17.5. The molecule has 4 nitrogen and oxygen atoms in total. The van der Waals surface area contributed by atoms with Crippen LogP contribution in [0.2, 0.25) is 0 Å². The van der Waals surface area contributed by atoms with Gasteiger partial charge in [0.1, 0.15) is 5.75 Å². The number of amides is 1. The maximum absolute atomic E-state index is 12.4. The van der Waals surface area contributed by atoms with Crippen LogP contribution in [-0.4, -0.2) is 35.6 Å². The monoisotopic (exact) mass is 412 g/mol. The van der Waals surface area contributed by atoms with Crippen molar-refractivity contribution >= 4 is 39.2 Å². The lowest BCUT2D eigenvalue weighted by atomic mass is 10.00. The fourth-order valence-electron chi connectivity index (χ4n) is 2.55. The maximum atomic E-state index is 12.4. The van der Waals surface area contributed by atoms with Gasteiger partial charge in [0.15, 0.2) is 5.11 Å². The molecule has 0 unspecified atom stereocenters. The van der Waals surface area contributed by atoms with Gasteiger partial charge >= 0.3 is 0 Å². The summed E-state index contributed by atoms with van der Waals surface area (Å²) >= 11 is 8.84. The van der Waals surface area contributed by atoms with E-state index in [-0.39, 0.29) is 5.91 Å². The Morgan fingerprint density at radius 2 is 2.12 bits per heavy atom. The van der Waals surface area contributed by atoms with E-state index in [1.165, 1.54) is 0 Å². The van der Waals surface area contributed by atoms with Crippen LogP contribution < -0.4 is 10.1 Å². The molecule has 2 rings (SSSR count). The van der Waals surface area contributed by atoms with Gasteiger partial charge in [-0.1, -0.05) is 20.3 Å². The number of hydrogen-bond donors (Lipinski definition) is 1. The van der Waals surface area contributed by atoms with Crippen molar-refractivity contribution in [1.82, 2.24) is 10.2 Å². The topological polar surface area (TPSA) is 41.6 Å². The number of hydrogen-bond acceptors (Lipinski definition) is 3. The number of nitrogens with one attached hydrogen (secondary N) is 1. The lowest BCUT2D eigenvalue weighted by Crippen LogP contribution is -2.46. The predicted octanol–water partition coefficient (Wildman–Crippen LogP) is 4.37. The van der Waals surface area contributed by atoms with Crippen molar-refractivity contribution < 1.29 is 9.53 Å². The van der Waals surface area contributed by atoms with Crippen LogP contribution in [-0.2, 0) is 0 Å². The Morgan fingerprint density at radius 1 is 1.42 bits per heavy atom. The average Bonchev–Trinajstić information content (AvgIpc) is 2.57. The molecule has 1 fully saturated rings. The van der Waals surface area contributed by atoms with Gasteiger partial charge in [-0.25, -0.2) is 0 Å². The smallest absolute Gasteiger partial charge is 0.257 e. The second-order valence-electron chi connectivity index (χ2n) is 6.28. The van der Waals surface area contributed by atoms with Crippen LogP contribution in [0.4, 0.5) is 0 Å². The molecule has 0 atom stereocenters. The molecule has 1 aromatic carbocycles. The number of thiocarbonyl (C=S) groups is 1. The minimum atomic E-state index is -0.181. The minimum absolute atomic E-state index is 0.181. The molecule has 0 aromatic heterocycles. The van der Waals surface area contributed by atoms with Crippen LogP contribution in [0.25, 0.3) is 0 Å². The standard InChI is InChI=1S/C18H25BrN2O2S/c1-3-4-11-23-16-6-5-14(12-15(16)19)17(22)20-18(24)21-9-7-13(2)8-10-21/h5-6,12-13H,3-4,7-11H2,1-2H3,(H,20,22,24). The molecule has 1 N–H and O–H groups in total. The summed E-state index contributed by atoms with van der Waals surface area (Å²) in [6.07, 6.45) is 4.33. The van der Waals surface area contributed by atoms with E-state index in [0.717, 1.165) is 54.9 Å². The van der Waals surface area contributed by atoms with Crippen LogP contribution in [0, 0.1) is 5.92 Å². The number of halogens is 1. The molecule has 0 aliphatic carbocycles. The lowest BCUT2D eigenvalue weighted by molar-refractivity contribution is 0.0972. The van der Waals surface area contributed by atoms with Gasteiger partial charge in [0.05, 0.1) is 11.1 Å². The first kappa shape index (κ1) is 19.2. The summed E-state index contributed by atoms with van der Waals surface area (Å²) in [5.41, 5.74) is 0.567. The first-order valence-electron chi connectivity index (χ1n) is 8.54. The van der Waals surface area contributed by atoms with Gasteiger partial charge in [-0.15, -0.1) is 0 Å². The highest BCUT2D eigenvalue weighted by atomic mass is 79.9. The van der Waals surface area contributed by atoms with E-state index in [1.54, 1.807) is 12.1 Å². The minimum Gasteiger partial charge on any atom is -0.492 e. The molecule has 6 heteroatoms. The third-order valence-electron chi connectivity index (χ3n) is 4.24. The molecule has 24 heavy (non-hydrogen) atoms. The number of unbranched alkanes of at least 4 members (excludes halogenated alkanes) is 1. The Bertz CT molecular complexity index is 586. The van der Waals surface area contributed by atoms with Gasteiger partial charge < -0.3 is 9.64 Å². The van der Waals surface area contributed by atoms with Crippen LogP contribution >= 0.6 is 28.1 Å². The number of benzene rings is 1. The largest absolute Gasteiger partial charge is 0.492 e. The van der Waals surface area contributed by atoms with Crippen molar-refractivity contribution in [3.05, 3.63) is 28.2 Å². The van der Waals surface area contributed by atoms with Gasteiger partial charge in [-0.05, 0) is 71.5 Å². The Kier molecular flexibility index (Phi) is 7.49. The number of likely N-dealkylation sites (tertiary alicyclic amines) is 1. The number of ether oxygens (including phenoxy) is 1. The maximum Gasteiger partial charge on any atom is 0.257 e. The summed E-state index contributed by atoms with van der Waals surface area (Å²) in [7, 11) is 0. The number of nitrogens with zero attached hydrogens (tertiary/aromatic N) is 1. The van der Waals surface area contributed by atoms with E-state index in [4.69, 9.17) is 17.0 Å². The first-order valence-corrected chi connectivity index (χ1v) is 9.74. The van der Waals surface area contributed by atoms with Crippen LogP contribution in [0.3, 0.4) is 0 Å². The Morgan fingerprint density at radius 3 is 2.75 bits per heavy atom. The third-order valence-corrected chi connectivity index (χ3v) is 5.22. The first-order chi connectivity index (χ1) is 11.5.